The van der Waals surface area contributed by atoms with Crippen molar-refractivity contribution in [2.24, 2.45) is 11.3 Å². The molecule has 0 heterocycles. The average Bonchev–Trinajstić information content (AvgIpc) is 3.07. The Morgan fingerprint density at radius 2 is 1.94 bits per heavy atom. The smallest absolute Gasteiger partial charge is 0.308 e. The van der Waals surface area contributed by atoms with E-state index in [2.05, 4.69) is 5.32 Å². The van der Waals surface area contributed by atoms with E-state index in [0.717, 1.165) is 0 Å². The molecule has 1 unspecified atom stereocenters. The summed E-state index contributed by atoms with van der Waals surface area (Å²) in [5.74, 6) is -2.15. The van der Waals surface area contributed by atoms with Crippen LogP contribution in [-0.4, -0.2) is 48.4 Å². The summed E-state index contributed by atoms with van der Waals surface area (Å²) in [7, 11) is 3.03. The third-order valence-electron chi connectivity index (χ3n) is 3.14. The van der Waals surface area contributed by atoms with Gasteiger partial charge in [0.2, 0.25) is 11.8 Å². The van der Waals surface area contributed by atoms with E-state index in [9.17, 15) is 14.4 Å². The molecule has 1 aliphatic rings. The SMILES string of the molecule is CNC(=O)C1(C(=O)N(C)CC(C)C(=O)O)CC1. The van der Waals surface area contributed by atoms with Crippen LogP contribution in [0.2, 0.25) is 0 Å². The maximum absolute atomic E-state index is 12.1. The second-order valence-corrected chi connectivity index (χ2v) is 4.59. The highest BCUT2D eigenvalue weighted by atomic mass is 16.4. The van der Waals surface area contributed by atoms with Crippen molar-refractivity contribution in [3.05, 3.63) is 0 Å². The quantitative estimate of drug-likeness (QED) is 0.647. The number of aliphatic carboxylic acids is 1. The van der Waals surface area contributed by atoms with Crippen molar-refractivity contribution >= 4 is 17.8 Å². The van der Waals surface area contributed by atoms with E-state index < -0.39 is 17.3 Å². The summed E-state index contributed by atoms with van der Waals surface area (Å²) in [5.41, 5.74) is -0.943. The Kier molecular flexibility index (Phi) is 3.75. The van der Waals surface area contributed by atoms with Crippen LogP contribution >= 0.6 is 0 Å². The first-order chi connectivity index (χ1) is 7.85. The summed E-state index contributed by atoms with van der Waals surface area (Å²) in [6, 6.07) is 0. The Morgan fingerprint density at radius 1 is 1.41 bits per heavy atom. The topological polar surface area (TPSA) is 86.7 Å². The van der Waals surface area contributed by atoms with Gasteiger partial charge in [-0.25, -0.2) is 0 Å². The number of carbonyl (C=O) groups is 3. The molecule has 0 bridgehead atoms. The summed E-state index contributed by atoms with van der Waals surface area (Å²) >= 11 is 0. The molecule has 0 radical (unpaired) electrons. The lowest BCUT2D eigenvalue weighted by atomic mass is 10.0. The minimum atomic E-state index is -0.950. The molecule has 1 atom stereocenters. The second-order valence-electron chi connectivity index (χ2n) is 4.59. The predicted octanol–water partition coefficient (Wildman–Crippen LogP) is -0.308. The summed E-state index contributed by atoms with van der Waals surface area (Å²) in [5, 5.41) is 11.2. The Bertz CT molecular complexity index is 349. The lowest BCUT2D eigenvalue weighted by molar-refractivity contribution is -0.145. The van der Waals surface area contributed by atoms with Gasteiger partial charge in [-0.15, -0.1) is 0 Å². The molecule has 1 aliphatic carbocycles. The molecule has 0 aromatic carbocycles. The van der Waals surface area contributed by atoms with Gasteiger partial charge in [-0.05, 0) is 12.8 Å². The van der Waals surface area contributed by atoms with E-state index >= 15 is 0 Å². The third kappa shape index (κ3) is 2.57. The first-order valence-corrected chi connectivity index (χ1v) is 5.55. The Morgan fingerprint density at radius 3 is 2.29 bits per heavy atom. The number of carbonyl (C=O) groups excluding carboxylic acids is 2. The molecule has 6 heteroatoms. The molecule has 96 valence electrons. The molecular formula is C11H18N2O4. The average molecular weight is 242 g/mol. The van der Waals surface area contributed by atoms with Crippen LogP contribution in [0.1, 0.15) is 19.8 Å². The molecule has 0 saturated heterocycles. The minimum Gasteiger partial charge on any atom is -0.481 e. The van der Waals surface area contributed by atoms with Gasteiger partial charge < -0.3 is 15.3 Å². The number of hydrogen-bond donors (Lipinski definition) is 2. The van der Waals surface area contributed by atoms with Crippen molar-refractivity contribution in [1.82, 2.24) is 10.2 Å². The number of amides is 2. The third-order valence-corrected chi connectivity index (χ3v) is 3.14. The highest BCUT2D eigenvalue weighted by Gasteiger charge is 2.57. The van der Waals surface area contributed by atoms with Crippen molar-refractivity contribution in [2.45, 2.75) is 19.8 Å². The fourth-order valence-electron chi connectivity index (χ4n) is 1.84. The number of rotatable bonds is 5. The van der Waals surface area contributed by atoms with E-state index in [-0.39, 0.29) is 18.4 Å². The zero-order valence-electron chi connectivity index (χ0n) is 10.3. The maximum Gasteiger partial charge on any atom is 0.308 e. The Hall–Kier alpha value is -1.59. The van der Waals surface area contributed by atoms with Gasteiger partial charge in [-0.3, -0.25) is 14.4 Å². The first kappa shape index (κ1) is 13.5. The van der Waals surface area contributed by atoms with Crippen LogP contribution in [0.15, 0.2) is 0 Å². The van der Waals surface area contributed by atoms with Crippen LogP contribution in [-0.2, 0) is 14.4 Å². The summed E-state index contributed by atoms with van der Waals surface area (Å²) < 4.78 is 0. The van der Waals surface area contributed by atoms with Crippen LogP contribution in [0.25, 0.3) is 0 Å². The van der Waals surface area contributed by atoms with Crippen LogP contribution < -0.4 is 5.32 Å². The lowest BCUT2D eigenvalue weighted by Crippen LogP contribution is -2.44. The normalized spacial score (nSPS) is 18.1. The van der Waals surface area contributed by atoms with Gasteiger partial charge in [0, 0.05) is 20.6 Å². The van der Waals surface area contributed by atoms with Crippen molar-refractivity contribution in [3.8, 4) is 0 Å². The molecule has 0 aromatic rings. The highest BCUT2D eigenvalue weighted by Crippen LogP contribution is 2.47. The second kappa shape index (κ2) is 4.73. The van der Waals surface area contributed by atoms with Crippen LogP contribution in [0.3, 0.4) is 0 Å². The van der Waals surface area contributed by atoms with Gasteiger partial charge in [0.15, 0.2) is 0 Å². The predicted molar refractivity (Wildman–Crippen MR) is 60.2 cm³/mol. The molecule has 1 rings (SSSR count). The number of carboxylic acids is 1. The summed E-state index contributed by atoms with van der Waals surface area (Å²) in [6.45, 7) is 1.65. The summed E-state index contributed by atoms with van der Waals surface area (Å²) in [4.78, 5) is 35.7. The van der Waals surface area contributed by atoms with E-state index in [0.29, 0.717) is 12.8 Å². The zero-order chi connectivity index (χ0) is 13.2. The number of hydrogen-bond acceptors (Lipinski definition) is 3. The van der Waals surface area contributed by atoms with Crippen LogP contribution in [0.4, 0.5) is 0 Å². The molecule has 0 aromatic heterocycles. The van der Waals surface area contributed by atoms with Crippen LogP contribution in [0, 0.1) is 11.3 Å². The summed E-state index contributed by atoms with van der Waals surface area (Å²) in [6.07, 6.45) is 1.08. The number of carboxylic acid groups (broad SMARTS) is 1. The number of nitrogens with zero attached hydrogens (tertiary/aromatic N) is 1. The standard InChI is InChI=1S/C11H18N2O4/c1-7(8(14)15)6-13(3)10(17)11(4-5-11)9(16)12-2/h7H,4-6H2,1-3H3,(H,12,16)(H,14,15). The first-order valence-electron chi connectivity index (χ1n) is 5.55. The number of nitrogens with one attached hydrogen (secondary N) is 1. The van der Waals surface area contributed by atoms with Crippen molar-refractivity contribution in [1.29, 1.82) is 0 Å². The van der Waals surface area contributed by atoms with Gasteiger partial charge >= 0.3 is 5.97 Å². The fourth-order valence-corrected chi connectivity index (χ4v) is 1.84. The fraction of sp³-hybridized carbons (Fsp3) is 0.727. The molecule has 6 nitrogen and oxygen atoms in total. The van der Waals surface area contributed by atoms with Gasteiger partial charge in [-0.1, -0.05) is 6.92 Å². The van der Waals surface area contributed by atoms with Gasteiger partial charge in [-0.2, -0.15) is 0 Å². The molecule has 1 saturated carbocycles. The highest BCUT2D eigenvalue weighted by molar-refractivity contribution is 6.07. The van der Waals surface area contributed by atoms with E-state index in [1.807, 2.05) is 0 Å². The molecule has 2 amide bonds. The van der Waals surface area contributed by atoms with Gasteiger partial charge in [0.05, 0.1) is 5.92 Å². The van der Waals surface area contributed by atoms with Crippen molar-refractivity contribution < 1.29 is 19.5 Å². The monoisotopic (exact) mass is 242 g/mol. The molecule has 1 fully saturated rings. The Balaban J connectivity index is 2.65. The largest absolute Gasteiger partial charge is 0.481 e. The van der Waals surface area contributed by atoms with E-state index in [4.69, 9.17) is 5.11 Å². The van der Waals surface area contributed by atoms with Crippen molar-refractivity contribution in [3.63, 3.8) is 0 Å². The molecule has 17 heavy (non-hydrogen) atoms. The van der Waals surface area contributed by atoms with Crippen LogP contribution in [0.5, 0.6) is 0 Å². The lowest BCUT2D eigenvalue weighted by Gasteiger charge is -2.24. The maximum atomic E-state index is 12.1. The van der Waals surface area contributed by atoms with Gasteiger partial charge in [0.1, 0.15) is 5.41 Å². The minimum absolute atomic E-state index is 0.118. The van der Waals surface area contributed by atoms with Gasteiger partial charge in [0.25, 0.3) is 0 Å². The van der Waals surface area contributed by atoms with Crippen molar-refractivity contribution in [2.75, 3.05) is 20.6 Å². The molecule has 0 spiro atoms. The van der Waals surface area contributed by atoms with E-state index in [1.165, 1.54) is 25.9 Å². The molecule has 0 aliphatic heterocycles. The Labute approximate surface area is 100.0 Å². The molecule has 2 N–H and O–H groups in total. The molecular weight excluding hydrogens is 224 g/mol. The zero-order valence-corrected chi connectivity index (χ0v) is 10.3. The van der Waals surface area contributed by atoms with E-state index in [1.54, 1.807) is 0 Å².